The van der Waals surface area contributed by atoms with Crippen molar-refractivity contribution in [1.82, 2.24) is 0 Å². The molecule has 7 nitrogen and oxygen atoms in total. The van der Waals surface area contributed by atoms with E-state index in [2.05, 4.69) is 33.9 Å². The van der Waals surface area contributed by atoms with Crippen LogP contribution >= 0.6 is 0 Å². The summed E-state index contributed by atoms with van der Waals surface area (Å²) in [6.45, 7) is 15.1. The molecule has 0 unspecified atom stereocenters. The number of ether oxygens (including phenoxy) is 5. The van der Waals surface area contributed by atoms with E-state index in [-0.39, 0.29) is 18.3 Å². The molecule has 1 aromatic carbocycles. The van der Waals surface area contributed by atoms with Gasteiger partial charge in [0, 0.05) is 7.11 Å². The first-order valence-corrected chi connectivity index (χ1v) is 14.2. The Balaban J connectivity index is 1.79. The maximum Gasteiger partial charge on any atom is 0.192 e. The number of hydrogen-bond donors (Lipinski definition) is 1. The minimum absolute atomic E-state index is 0.0215. The summed E-state index contributed by atoms with van der Waals surface area (Å²) in [6, 6.07) is 9.89. The fourth-order valence-electron chi connectivity index (χ4n) is 3.98. The van der Waals surface area contributed by atoms with Crippen LogP contribution in [0.25, 0.3) is 0 Å². The first-order valence-electron chi connectivity index (χ1n) is 11.3. The lowest BCUT2D eigenvalue weighted by atomic mass is 9.90. The standard InChI is InChI=1S/C24H40O7Si/c1-22(2,3)32(7,8)28-15-18(25)24(16-27-14-17-12-10-9-11-13-17)20(26-6)19-21(31-24)30-23(4,5)29-19/h9-13,18-21,25H,14-16H2,1-8H3/t18-,19+,20-,21-,24-/m0/s1. The van der Waals surface area contributed by atoms with E-state index in [1.54, 1.807) is 7.11 Å². The third-order valence-corrected chi connectivity index (χ3v) is 11.4. The molecule has 1 aromatic rings. The van der Waals surface area contributed by atoms with E-state index in [0.29, 0.717) is 6.61 Å². The van der Waals surface area contributed by atoms with Crippen LogP contribution in [0.5, 0.6) is 0 Å². The van der Waals surface area contributed by atoms with Crippen LogP contribution in [0.1, 0.15) is 40.2 Å². The van der Waals surface area contributed by atoms with Crippen molar-refractivity contribution in [2.24, 2.45) is 0 Å². The second kappa shape index (κ2) is 9.42. The summed E-state index contributed by atoms with van der Waals surface area (Å²) in [4.78, 5) is 0. The Bertz CT molecular complexity index is 748. The molecule has 0 radical (unpaired) electrons. The Morgan fingerprint density at radius 1 is 1.09 bits per heavy atom. The molecule has 8 heteroatoms. The summed E-state index contributed by atoms with van der Waals surface area (Å²) >= 11 is 0. The summed E-state index contributed by atoms with van der Waals surface area (Å²) in [5, 5.41) is 11.4. The average Bonchev–Trinajstić information content (AvgIpc) is 3.14. The van der Waals surface area contributed by atoms with Gasteiger partial charge < -0.3 is 33.2 Å². The van der Waals surface area contributed by atoms with Crippen LogP contribution in [0.2, 0.25) is 18.1 Å². The Hall–Kier alpha value is -0.843. The number of rotatable bonds is 9. The first kappa shape index (κ1) is 25.8. The number of benzene rings is 1. The molecule has 2 heterocycles. The normalized spacial score (nSPS) is 31.0. The zero-order valence-electron chi connectivity index (χ0n) is 20.7. The molecule has 0 saturated carbocycles. The molecule has 0 aromatic heterocycles. The molecule has 2 aliphatic heterocycles. The van der Waals surface area contributed by atoms with Gasteiger partial charge in [0.1, 0.15) is 18.3 Å². The molecule has 182 valence electrons. The lowest BCUT2D eigenvalue weighted by Crippen LogP contribution is -2.59. The van der Waals surface area contributed by atoms with Gasteiger partial charge in [0.05, 0.1) is 19.8 Å². The van der Waals surface area contributed by atoms with Crippen molar-refractivity contribution in [3.05, 3.63) is 35.9 Å². The topological polar surface area (TPSA) is 75.6 Å². The summed E-state index contributed by atoms with van der Waals surface area (Å²) in [7, 11) is -0.483. The smallest absolute Gasteiger partial charge is 0.192 e. The lowest BCUT2D eigenvalue weighted by Gasteiger charge is -2.42. The molecular formula is C24H40O7Si. The summed E-state index contributed by atoms with van der Waals surface area (Å²) in [6.07, 6.45) is -2.70. The molecule has 1 N–H and O–H groups in total. The van der Waals surface area contributed by atoms with Crippen LogP contribution < -0.4 is 0 Å². The molecule has 0 amide bonds. The van der Waals surface area contributed by atoms with Crippen LogP contribution in [-0.4, -0.2) is 69.7 Å². The maximum atomic E-state index is 11.4. The monoisotopic (exact) mass is 468 g/mol. The minimum Gasteiger partial charge on any atom is -0.414 e. The van der Waals surface area contributed by atoms with Crippen molar-refractivity contribution in [2.45, 2.75) is 95.3 Å². The molecule has 2 aliphatic rings. The predicted molar refractivity (Wildman–Crippen MR) is 124 cm³/mol. The van der Waals surface area contributed by atoms with Crippen molar-refractivity contribution in [1.29, 1.82) is 0 Å². The van der Waals surface area contributed by atoms with E-state index < -0.39 is 44.3 Å². The highest BCUT2D eigenvalue weighted by molar-refractivity contribution is 6.74. The maximum absolute atomic E-state index is 11.4. The van der Waals surface area contributed by atoms with Crippen LogP contribution in [-0.2, 0) is 34.7 Å². The van der Waals surface area contributed by atoms with Gasteiger partial charge in [-0.2, -0.15) is 0 Å². The van der Waals surface area contributed by atoms with Gasteiger partial charge >= 0.3 is 0 Å². The van der Waals surface area contributed by atoms with Crippen molar-refractivity contribution < 1.29 is 33.2 Å². The van der Waals surface area contributed by atoms with Crippen LogP contribution in [0.4, 0.5) is 0 Å². The van der Waals surface area contributed by atoms with E-state index in [1.165, 1.54) is 0 Å². The molecule has 3 rings (SSSR count). The third-order valence-electron chi connectivity index (χ3n) is 6.87. The van der Waals surface area contributed by atoms with Crippen molar-refractivity contribution in [3.63, 3.8) is 0 Å². The van der Waals surface area contributed by atoms with Gasteiger partial charge in [-0.15, -0.1) is 0 Å². The average molecular weight is 469 g/mol. The fraction of sp³-hybridized carbons (Fsp3) is 0.750. The van der Waals surface area contributed by atoms with E-state index >= 15 is 0 Å². The first-order chi connectivity index (χ1) is 14.8. The predicted octanol–water partition coefficient (Wildman–Crippen LogP) is 3.85. The number of aliphatic hydroxyl groups is 1. The Kier molecular flexibility index (Phi) is 7.59. The van der Waals surface area contributed by atoms with E-state index in [4.69, 9.17) is 28.1 Å². The third kappa shape index (κ3) is 5.28. The van der Waals surface area contributed by atoms with Gasteiger partial charge in [0.15, 0.2) is 26.0 Å². The van der Waals surface area contributed by atoms with Gasteiger partial charge in [0.2, 0.25) is 0 Å². The van der Waals surface area contributed by atoms with Crippen molar-refractivity contribution >= 4 is 8.32 Å². The molecule has 32 heavy (non-hydrogen) atoms. The van der Waals surface area contributed by atoms with Crippen LogP contribution in [0.15, 0.2) is 30.3 Å². The molecule has 0 bridgehead atoms. The molecule has 0 aliphatic carbocycles. The van der Waals surface area contributed by atoms with Crippen LogP contribution in [0, 0.1) is 0 Å². The van der Waals surface area contributed by atoms with Gasteiger partial charge in [-0.25, -0.2) is 0 Å². The lowest BCUT2D eigenvalue weighted by molar-refractivity contribution is -0.274. The second-order valence-electron chi connectivity index (χ2n) is 10.8. The quantitative estimate of drug-likeness (QED) is 0.552. The fourth-order valence-corrected chi connectivity index (χ4v) is 4.98. The summed E-state index contributed by atoms with van der Waals surface area (Å²) in [5.74, 6) is -0.786. The second-order valence-corrected chi connectivity index (χ2v) is 15.6. The summed E-state index contributed by atoms with van der Waals surface area (Å²) < 4.78 is 36.6. The van der Waals surface area contributed by atoms with E-state index in [1.807, 2.05) is 44.2 Å². The molecule has 2 fully saturated rings. The zero-order chi connectivity index (χ0) is 23.8. The Labute approximate surface area is 193 Å². The summed E-state index contributed by atoms with van der Waals surface area (Å²) in [5.41, 5.74) is -0.145. The van der Waals surface area contributed by atoms with Crippen molar-refractivity contribution in [3.8, 4) is 0 Å². The molecule has 5 atom stereocenters. The number of aliphatic hydroxyl groups excluding tert-OH is 1. The Morgan fingerprint density at radius 2 is 1.75 bits per heavy atom. The van der Waals surface area contributed by atoms with Gasteiger partial charge in [-0.1, -0.05) is 51.1 Å². The molecular weight excluding hydrogens is 428 g/mol. The Morgan fingerprint density at radius 3 is 2.34 bits per heavy atom. The van der Waals surface area contributed by atoms with E-state index in [9.17, 15) is 5.11 Å². The number of fused-ring (bicyclic) bond motifs is 1. The number of hydrogen-bond acceptors (Lipinski definition) is 7. The van der Waals surface area contributed by atoms with Gasteiger partial charge in [-0.05, 0) is 37.5 Å². The van der Waals surface area contributed by atoms with Crippen molar-refractivity contribution in [2.75, 3.05) is 20.3 Å². The number of methoxy groups -OCH3 is 1. The van der Waals surface area contributed by atoms with Gasteiger partial charge in [0.25, 0.3) is 0 Å². The largest absolute Gasteiger partial charge is 0.414 e. The highest BCUT2D eigenvalue weighted by Gasteiger charge is 2.65. The molecule has 0 spiro atoms. The zero-order valence-corrected chi connectivity index (χ0v) is 21.7. The van der Waals surface area contributed by atoms with Crippen LogP contribution in [0.3, 0.4) is 0 Å². The SMILES string of the molecule is CO[C@H]1[C@H]2OC(C)(C)O[C@H]2O[C@@]1(COCc1ccccc1)[C@@H](O)CO[Si](C)(C)C(C)(C)C. The van der Waals surface area contributed by atoms with Gasteiger partial charge in [-0.3, -0.25) is 0 Å². The van der Waals surface area contributed by atoms with E-state index in [0.717, 1.165) is 5.56 Å². The highest BCUT2D eigenvalue weighted by Crippen LogP contribution is 2.46. The minimum atomic E-state index is -2.08. The highest BCUT2D eigenvalue weighted by atomic mass is 28.4. The molecule has 2 saturated heterocycles.